The Kier molecular flexibility index (Phi) is 2.90. The molecule has 4 fully saturated rings. The molecule has 0 aromatic carbocycles. The Hall–Kier alpha value is 0.270. The third kappa shape index (κ3) is 2.15. The molecule has 0 radical (unpaired) electrons. The number of hydrogen-bond acceptors (Lipinski definition) is 3. The fraction of sp³-hybridized carbons (Fsp3) is 1.00. The molecule has 96 valence electrons. The van der Waals surface area contributed by atoms with Crippen molar-refractivity contribution >= 4 is 11.8 Å². The van der Waals surface area contributed by atoms with Crippen LogP contribution < -0.4 is 10.6 Å². The Bertz CT molecular complexity index is 284. The van der Waals surface area contributed by atoms with Crippen molar-refractivity contribution in [1.82, 2.24) is 10.6 Å². The van der Waals surface area contributed by atoms with Gasteiger partial charge in [-0.1, -0.05) is 6.42 Å². The fourth-order valence-corrected chi connectivity index (χ4v) is 6.42. The van der Waals surface area contributed by atoms with E-state index in [0.717, 1.165) is 34.7 Å². The van der Waals surface area contributed by atoms with Gasteiger partial charge in [-0.2, -0.15) is 11.8 Å². The minimum Gasteiger partial charge on any atom is -0.311 e. The second-order valence-corrected chi connectivity index (χ2v) is 8.09. The van der Waals surface area contributed by atoms with E-state index in [0.29, 0.717) is 0 Å². The van der Waals surface area contributed by atoms with Crippen LogP contribution in [0.15, 0.2) is 0 Å². The molecule has 6 atom stereocenters. The summed E-state index contributed by atoms with van der Waals surface area (Å²) in [5.74, 6) is 0. The molecule has 2 unspecified atom stereocenters. The molecule has 4 aliphatic rings. The predicted molar refractivity (Wildman–Crippen MR) is 73.5 cm³/mol. The van der Waals surface area contributed by atoms with Crippen molar-refractivity contribution in [3.63, 3.8) is 0 Å². The summed E-state index contributed by atoms with van der Waals surface area (Å²) in [5, 5.41) is 9.49. The molecule has 0 amide bonds. The van der Waals surface area contributed by atoms with Crippen LogP contribution in [0, 0.1) is 0 Å². The van der Waals surface area contributed by atoms with Gasteiger partial charge in [-0.05, 0) is 44.9 Å². The minimum absolute atomic E-state index is 0.853. The number of hydrogen-bond donors (Lipinski definition) is 2. The van der Waals surface area contributed by atoms with Crippen LogP contribution in [0.25, 0.3) is 0 Å². The Morgan fingerprint density at radius 3 is 2.29 bits per heavy atom. The van der Waals surface area contributed by atoms with E-state index in [-0.39, 0.29) is 0 Å². The molecule has 0 spiro atoms. The number of nitrogens with one attached hydrogen (secondary N) is 2. The first-order chi connectivity index (χ1) is 8.37. The summed E-state index contributed by atoms with van der Waals surface area (Å²) in [6.45, 7) is 0. The summed E-state index contributed by atoms with van der Waals surface area (Å²) in [7, 11) is 0. The lowest BCUT2D eigenvalue weighted by molar-refractivity contribution is 0.404. The molecule has 17 heavy (non-hydrogen) atoms. The molecule has 0 aromatic heterocycles. The van der Waals surface area contributed by atoms with Gasteiger partial charge in [0.1, 0.15) is 0 Å². The average molecular weight is 252 g/mol. The monoisotopic (exact) mass is 252 g/mol. The smallest absolute Gasteiger partial charge is 0.0218 e. The number of rotatable bonds is 2. The molecule has 4 rings (SSSR count). The van der Waals surface area contributed by atoms with Gasteiger partial charge in [-0.15, -0.1) is 0 Å². The first-order valence-electron chi connectivity index (χ1n) is 7.54. The van der Waals surface area contributed by atoms with Crippen molar-refractivity contribution in [3.8, 4) is 0 Å². The highest BCUT2D eigenvalue weighted by atomic mass is 32.2. The van der Waals surface area contributed by atoms with Crippen molar-refractivity contribution < 1.29 is 0 Å². The quantitative estimate of drug-likeness (QED) is 0.788. The summed E-state index contributed by atoms with van der Waals surface area (Å²) < 4.78 is 0. The van der Waals surface area contributed by atoms with Crippen LogP contribution >= 0.6 is 11.8 Å². The van der Waals surface area contributed by atoms with Crippen molar-refractivity contribution in [2.45, 2.75) is 86.0 Å². The van der Waals surface area contributed by atoms with E-state index in [9.17, 15) is 0 Å². The molecule has 4 heterocycles. The summed E-state index contributed by atoms with van der Waals surface area (Å²) in [4.78, 5) is 0. The van der Waals surface area contributed by atoms with Gasteiger partial charge < -0.3 is 10.6 Å². The lowest BCUT2D eigenvalue weighted by atomic mass is 10.1. The zero-order valence-corrected chi connectivity index (χ0v) is 11.3. The molecule has 4 saturated heterocycles. The third-order valence-corrected chi connectivity index (χ3v) is 6.92. The van der Waals surface area contributed by atoms with Gasteiger partial charge in [0, 0.05) is 34.7 Å². The van der Waals surface area contributed by atoms with E-state index in [1.54, 1.807) is 0 Å². The first-order valence-corrected chi connectivity index (χ1v) is 8.48. The fourth-order valence-electron chi connectivity index (χ4n) is 4.49. The van der Waals surface area contributed by atoms with Crippen molar-refractivity contribution in [2.24, 2.45) is 0 Å². The van der Waals surface area contributed by atoms with Crippen molar-refractivity contribution in [3.05, 3.63) is 0 Å². The van der Waals surface area contributed by atoms with Gasteiger partial charge in [-0.25, -0.2) is 0 Å². The Labute approximate surface area is 109 Å². The molecule has 0 saturated carbocycles. The zero-order chi connectivity index (χ0) is 11.2. The maximum Gasteiger partial charge on any atom is 0.0218 e. The van der Waals surface area contributed by atoms with Crippen LogP contribution in [0.1, 0.15) is 51.4 Å². The van der Waals surface area contributed by atoms with Crippen LogP contribution in [0.2, 0.25) is 0 Å². The van der Waals surface area contributed by atoms with E-state index in [1.165, 1.54) is 51.4 Å². The van der Waals surface area contributed by atoms with Crippen molar-refractivity contribution in [1.29, 1.82) is 0 Å². The molecule has 2 nitrogen and oxygen atoms in total. The zero-order valence-electron chi connectivity index (χ0n) is 10.5. The highest BCUT2D eigenvalue weighted by Crippen LogP contribution is 2.41. The Balaban J connectivity index is 1.38. The third-order valence-electron chi connectivity index (χ3n) is 5.28. The lowest BCUT2D eigenvalue weighted by Crippen LogP contribution is -2.41. The summed E-state index contributed by atoms with van der Waals surface area (Å²) >= 11 is 2.35. The maximum absolute atomic E-state index is 3.83. The highest BCUT2D eigenvalue weighted by Gasteiger charge is 2.40. The largest absolute Gasteiger partial charge is 0.311 e. The van der Waals surface area contributed by atoms with Crippen LogP contribution in [0.5, 0.6) is 0 Å². The van der Waals surface area contributed by atoms with Crippen molar-refractivity contribution in [2.75, 3.05) is 0 Å². The van der Waals surface area contributed by atoms with Gasteiger partial charge in [0.05, 0.1) is 0 Å². The number of thioether (sulfide) groups is 1. The van der Waals surface area contributed by atoms with Gasteiger partial charge >= 0.3 is 0 Å². The molecular weight excluding hydrogens is 228 g/mol. The van der Waals surface area contributed by atoms with E-state index in [1.807, 2.05) is 0 Å². The second kappa shape index (κ2) is 4.43. The normalized spacial score (nSPS) is 52.9. The van der Waals surface area contributed by atoms with E-state index >= 15 is 0 Å². The van der Waals surface area contributed by atoms with E-state index < -0.39 is 0 Å². The molecule has 3 heteroatoms. The first kappa shape index (κ1) is 11.1. The van der Waals surface area contributed by atoms with E-state index in [4.69, 9.17) is 0 Å². The summed E-state index contributed by atoms with van der Waals surface area (Å²) in [6, 6.07) is 3.44. The molecule has 2 N–H and O–H groups in total. The van der Waals surface area contributed by atoms with Crippen LogP contribution in [0.4, 0.5) is 0 Å². The summed E-state index contributed by atoms with van der Waals surface area (Å²) in [5.41, 5.74) is 0. The van der Waals surface area contributed by atoms with Crippen LogP contribution in [-0.2, 0) is 0 Å². The second-order valence-electron chi connectivity index (χ2n) is 6.54. The van der Waals surface area contributed by atoms with Crippen LogP contribution in [0.3, 0.4) is 0 Å². The van der Waals surface area contributed by atoms with Crippen LogP contribution in [-0.4, -0.2) is 34.7 Å². The molecular formula is C14H24N2S. The SMILES string of the molecule is C1C[C@@H]2CC(SC3C[C@H]4CC[C@@H](C3)N4)[C@H](C1)N2. The van der Waals surface area contributed by atoms with Gasteiger partial charge in [0.25, 0.3) is 0 Å². The van der Waals surface area contributed by atoms with Gasteiger partial charge in [0.2, 0.25) is 0 Å². The standard InChI is InChI=1S/C14H24N2S/c1-2-9-8-14(13(3-1)16-9)17-12-6-10-4-5-11(7-12)15-10/h9-16H,1-8H2/t9-,10-,11+,12?,13+,14?/m1/s1. The average Bonchev–Trinajstić information content (AvgIpc) is 2.80. The molecule has 0 aliphatic carbocycles. The topological polar surface area (TPSA) is 24.1 Å². The molecule has 4 aliphatic heterocycles. The highest BCUT2D eigenvalue weighted by molar-refractivity contribution is 8.00. The lowest BCUT2D eigenvalue weighted by Gasteiger charge is -2.31. The number of piperidine rings is 2. The van der Waals surface area contributed by atoms with E-state index in [2.05, 4.69) is 22.4 Å². The Morgan fingerprint density at radius 1 is 0.765 bits per heavy atom. The van der Waals surface area contributed by atoms with Gasteiger partial charge in [-0.3, -0.25) is 0 Å². The van der Waals surface area contributed by atoms with Gasteiger partial charge in [0.15, 0.2) is 0 Å². The Morgan fingerprint density at radius 2 is 1.53 bits per heavy atom. The summed E-state index contributed by atoms with van der Waals surface area (Å²) in [6.07, 6.45) is 11.6. The molecule has 4 bridgehead atoms. The minimum atomic E-state index is 0.853. The molecule has 0 aromatic rings. The maximum atomic E-state index is 3.83. The number of fused-ring (bicyclic) bond motifs is 4. The predicted octanol–water partition coefficient (Wildman–Crippen LogP) is 2.29.